The number of rotatable bonds is 10. The summed E-state index contributed by atoms with van der Waals surface area (Å²) in [6, 6.07) is 1.51. The van der Waals surface area contributed by atoms with Gasteiger partial charge in [0, 0.05) is 6.08 Å². The highest BCUT2D eigenvalue weighted by Crippen LogP contribution is 2.44. The number of aromatic carboxylic acids is 1. The zero-order valence-electron chi connectivity index (χ0n) is 31.1. The summed E-state index contributed by atoms with van der Waals surface area (Å²) >= 11 is 3.20. The van der Waals surface area contributed by atoms with Crippen molar-refractivity contribution >= 4 is 45.6 Å². The molecule has 1 aliphatic rings. The van der Waals surface area contributed by atoms with Crippen LogP contribution in [-0.4, -0.2) is 57.7 Å². The highest BCUT2D eigenvalue weighted by atomic mass is 79.9. The number of phenols is 1. The maximum absolute atomic E-state index is 13.8. The van der Waals surface area contributed by atoms with Crippen LogP contribution < -0.4 is 14.2 Å². The number of aliphatic hydroxyl groups is 1. The monoisotopic (exact) mass is 792 g/mol. The van der Waals surface area contributed by atoms with Crippen LogP contribution >= 0.6 is 15.9 Å². The van der Waals surface area contributed by atoms with E-state index in [1.165, 1.54) is 27.0 Å². The van der Waals surface area contributed by atoms with Crippen LogP contribution in [0.4, 0.5) is 0 Å². The molecule has 3 N–H and O–H groups in total. The topological polar surface area (TPSA) is 183 Å². The van der Waals surface area contributed by atoms with Crippen molar-refractivity contribution in [2.75, 3.05) is 7.11 Å². The molecule has 3 aromatic rings. The smallest absolute Gasteiger partial charge is 0.355 e. The summed E-state index contributed by atoms with van der Waals surface area (Å²) in [7, 11) is 1.17. The van der Waals surface area contributed by atoms with Crippen molar-refractivity contribution < 1.29 is 58.2 Å². The van der Waals surface area contributed by atoms with E-state index in [4.69, 9.17) is 18.9 Å². The number of hydrogen-bond donors (Lipinski definition) is 3. The summed E-state index contributed by atoms with van der Waals surface area (Å²) in [5, 5.41) is 32.0. The predicted octanol–water partition coefficient (Wildman–Crippen LogP) is 6.88. The van der Waals surface area contributed by atoms with E-state index in [1.54, 1.807) is 34.6 Å². The van der Waals surface area contributed by atoms with Gasteiger partial charge in [-0.25, -0.2) is 19.2 Å². The number of halogens is 1. The summed E-state index contributed by atoms with van der Waals surface area (Å²) in [6.07, 6.45) is 3.74. The summed E-state index contributed by atoms with van der Waals surface area (Å²) in [5.74, 6) is -5.09. The van der Waals surface area contributed by atoms with E-state index in [9.17, 15) is 39.3 Å². The van der Waals surface area contributed by atoms with Crippen molar-refractivity contribution in [3.63, 3.8) is 0 Å². The molecule has 0 radical (unpaired) electrons. The number of allylic oxidation sites excluding steroid dienone is 2. The molecule has 0 saturated carbocycles. The van der Waals surface area contributed by atoms with Crippen molar-refractivity contribution in [1.29, 1.82) is 0 Å². The highest BCUT2D eigenvalue weighted by molar-refractivity contribution is 9.10. The van der Waals surface area contributed by atoms with Crippen LogP contribution in [-0.2, 0) is 27.2 Å². The minimum atomic E-state index is -2.43. The fraction of sp³-hybridized carbons (Fsp3) is 0.325. The van der Waals surface area contributed by atoms with Crippen LogP contribution in [0, 0.1) is 48.5 Å². The lowest BCUT2D eigenvalue weighted by Gasteiger charge is -2.27. The summed E-state index contributed by atoms with van der Waals surface area (Å²) in [5.41, 5.74) is 1.91. The van der Waals surface area contributed by atoms with Gasteiger partial charge in [0.25, 0.3) is 0 Å². The second kappa shape index (κ2) is 15.4. The Morgan fingerprint density at radius 2 is 1.30 bits per heavy atom. The first-order valence-corrected chi connectivity index (χ1v) is 17.4. The van der Waals surface area contributed by atoms with Gasteiger partial charge >= 0.3 is 23.9 Å². The van der Waals surface area contributed by atoms with E-state index in [2.05, 4.69) is 15.9 Å². The number of aryl methyl sites for hydroxylation is 1. The molecule has 0 aliphatic heterocycles. The third-order valence-electron chi connectivity index (χ3n) is 9.77. The maximum Gasteiger partial charge on any atom is 0.355 e. The van der Waals surface area contributed by atoms with Crippen molar-refractivity contribution in [3.8, 4) is 23.0 Å². The molecule has 4 rings (SSSR count). The highest BCUT2D eigenvalue weighted by Gasteiger charge is 2.44. The zero-order valence-corrected chi connectivity index (χ0v) is 32.7. The number of carbonyl (C=O) groups is 5. The first-order chi connectivity index (χ1) is 24.8. The third kappa shape index (κ3) is 7.10. The maximum atomic E-state index is 13.8. The van der Waals surface area contributed by atoms with Gasteiger partial charge in [0.2, 0.25) is 5.60 Å². The molecule has 3 aromatic carbocycles. The number of benzene rings is 3. The zero-order chi connectivity index (χ0) is 39.9. The Kier molecular flexibility index (Phi) is 11.7. The number of ether oxygens (including phenoxy) is 4. The van der Waals surface area contributed by atoms with E-state index in [-0.39, 0.29) is 49.5 Å². The predicted molar refractivity (Wildman–Crippen MR) is 197 cm³/mol. The van der Waals surface area contributed by atoms with Gasteiger partial charge in [-0.2, -0.15) is 0 Å². The van der Waals surface area contributed by atoms with Crippen LogP contribution in [0.1, 0.15) is 95.0 Å². The van der Waals surface area contributed by atoms with Gasteiger partial charge in [0.15, 0.2) is 11.5 Å². The Bertz CT molecular complexity index is 2110. The minimum Gasteiger partial charge on any atom is -0.506 e. The second-order valence-corrected chi connectivity index (χ2v) is 13.5. The Labute approximate surface area is 315 Å². The number of carboxylic acids is 1. The lowest BCUT2D eigenvalue weighted by molar-refractivity contribution is -0.150. The fourth-order valence-electron chi connectivity index (χ4n) is 6.58. The Morgan fingerprint density at radius 1 is 0.755 bits per heavy atom. The van der Waals surface area contributed by atoms with E-state index < -0.39 is 41.0 Å². The van der Waals surface area contributed by atoms with Gasteiger partial charge in [-0.1, -0.05) is 13.8 Å². The van der Waals surface area contributed by atoms with Crippen LogP contribution in [0.25, 0.3) is 0 Å². The molecule has 0 spiro atoms. The minimum absolute atomic E-state index is 0.116. The number of carbonyl (C=O) groups excluding carboxylic acids is 4. The molecule has 0 heterocycles. The van der Waals surface area contributed by atoms with Gasteiger partial charge in [-0.3, -0.25) is 4.79 Å². The van der Waals surface area contributed by atoms with Crippen LogP contribution in [0.2, 0.25) is 0 Å². The molecular weight excluding hydrogens is 752 g/mol. The van der Waals surface area contributed by atoms with E-state index in [1.807, 2.05) is 13.8 Å². The molecule has 0 bridgehead atoms. The van der Waals surface area contributed by atoms with Gasteiger partial charge in [0.1, 0.15) is 33.0 Å². The molecule has 0 fully saturated rings. The number of hydrogen-bond acceptors (Lipinski definition) is 11. The molecular formula is C40H41BrO12. The van der Waals surface area contributed by atoms with E-state index in [0.717, 1.165) is 18.2 Å². The van der Waals surface area contributed by atoms with Crippen molar-refractivity contribution in [3.05, 3.63) is 101 Å². The average Bonchev–Trinajstić information content (AvgIpc) is 3.09. The number of ketones is 1. The summed E-state index contributed by atoms with van der Waals surface area (Å²) < 4.78 is 22.2. The van der Waals surface area contributed by atoms with E-state index >= 15 is 0 Å². The normalized spacial score (nSPS) is 15.2. The van der Waals surface area contributed by atoms with Crippen LogP contribution in [0.15, 0.2) is 34.5 Å². The molecule has 0 unspecified atom stereocenters. The lowest BCUT2D eigenvalue weighted by atomic mass is 9.89. The standard InChI is InChI=1S/C40H41BrO12/c1-11-25-22(8)30(36(44)45)23(9)26(12-2)35(25)52-37(46)29-17(3)15-27(18(4)19(29)5)51-38(47)31-20(6)21(7)34(32(41)33(31)43)53-39(48)40(49)14-13-24(42)16-28(40)50-10/h13-16,43,49H,11-12H2,1-10H3,(H,44,45)/t40-/m1/s1. The molecule has 12 nitrogen and oxygen atoms in total. The number of carboxylic acid groups (broad SMARTS) is 1. The molecule has 1 atom stereocenters. The quantitative estimate of drug-likeness (QED) is 0.143. The van der Waals surface area contributed by atoms with Gasteiger partial charge in [0.05, 0.1) is 18.2 Å². The molecule has 280 valence electrons. The summed E-state index contributed by atoms with van der Waals surface area (Å²) in [4.78, 5) is 64.5. The van der Waals surface area contributed by atoms with Crippen LogP contribution in [0.3, 0.4) is 0 Å². The van der Waals surface area contributed by atoms with E-state index in [0.29, 0.717) is 57.5 Å². The Balaban J connectivity index is 1.68. The van der Waals surface area contributed by atoms with Crippen molar-refractivity contribution in [2.45, 2.75) is 80.8 Å². The molecule has 0 aromatic heterocycles. The van der Waals surface area contributed by atoms with Crippen LogP contribution in [0.5, 0.6) is 23.0 Å². The molecule has 0 saturated heterocycles. The Morgan fingerprint density at radius 3 is 1.83 bits per heavy atom. The number of aromatic hydroxyl groups is 1. The average molecular weight is 794 g/mol. The molecule has 0 amide bonds. The second-order valence-electron chi connectivity index (χ2n) is 12.7. The number of methoxy groups -OCH3 is 1. The fourth-order valence-corrected chi connectivity index (χ4v) is 7.15. The van der Waals surface area contributed by atoms with Gasteiger partial charge < -0.3 is 34.3 Å². The van der Waals surface area contributed by atoms with Crippen molar-refractivity contribution in [1.82, 2.24) is 0 Å². The summed E-state index contributed by atoms with van der Waals surface area (Å²) in [6.45, 7) is 15.2. The van der Waals surface area contributed by atoms with Crippen molar-refractivity contribution in [2.24, 2.45) is 0 Å². The Hall–Kier alpha value is -5.27. The van der Waals surface area contributed by atoms with Gasteiger partial charge in [-0.15, -0.1) is 0 Å². The molecule has 1 aliphatic carbocycles. The first kappa shape index (κ1) is 40.5. The largest absolute Gasteiger partial charge is 0.506 e. The molecule has 13 heteroatoms. The van der Waals surface area contributed by atoms with Gasteiger partial charge in [-0.05, 0) is 146 Å². The first-order valence-electron chi connectivity index (χ1n) is 16.7. The lowest BCUT2D eigenvalue weighted by Crippen LogP contribution is -2.44. The molecule has 53 heavy (non-hydrogen) atoms. The third-order valence-corrected chi connectivity index (χ3v) is 10.5. The number of esters is 3. The SMILES string of the molecule is CCc1c(C)c(C(=O)O)c(C)c(CC)c1OC(=O)c1c(C)cc(OC(=O)c2c(C)c(C)c(OC(=O)[C@@]3(O)C=CC(=O)C=C3OC)c(Br)c2O)c(C)c1C. The number of phenolic OH excluding ortho intramolecular Hbond substituents is 1.